The third-order valence-electron chi connectivity index (χ3n) is 3.66. The number of hydrogen-bond acceptors (Lipinski definition) is 3. The van der Waals surface area contributed by atoms with Crippen LogP contribution in [0.1, 0.15) is 43.5 Å². The second-order valence-electron chi connectivity index (χ2n) is 5.38. The molecule has 1 fully saturated rings. The van der Waals surface area contributed by atoms with Crippen molar-refractivity contribution in [1.29, 1.82) is 0 Å². The summed E-state index contributed by atoms with van der Waals surface area (Å²) in [6.45, 7) is 6.04. The maximum absolute atomic E-state index is 12.1. The van der Waals surface area contributed by atoms with E-state index in [0.29, 0.717) is 5.56 Å². The summed E-state index contributed by atoms with van der Waals surface area (Å²) in [5, 5.41) is 6.36. The van der Waals surface area contributed by atoms with Crippen molar-refractivity contribution in [1.82, 2.24) is 10.6 Å². The minimum Gasteiger partial charge on any atom is -0.491 e. The number of rotatable bonds is 5. The van der Waals surface area contributed by atoms with Crippen LogP contribution in [-0.4, -0.2) is 31.1 Å². The van der Waals surface area contributed by atoms with Gasteiger partial charge in [0.2, 0.25) is 0 Å². The number of nitrogens with one attached hydrogen (secondary N) is 2. The fourth-order valence-corrected chi connectivity index (χ4v) is 2.24. The van der Waals surface area contributed by atoms with Crippen molar-refractivity contribution in [3.05, 3.63) is 29.8 Å². The van der Waals surface area contributed by atoms with Crippen molar-refractivity contribution in [2.24, 2.45) is 0 Å². The van der Waals surface area contributed by atoms with Gasteiger partial charge in [0.15, 0.2) is 0 Å². The van der Waals surface area contributed by atoms with Gasteiger partial charge >= 0.3 is 0 Å². The molecule has 1 unspecified atom stereocenters. The molecule has 0 saturated carbocycles. The molecule has 1 aliphatic heterocycles. The minimum absolute atomic E-state index is 0.00575. The molecule has 1 saturated heterocycles. The average molecular weight is 276 g/mol. The summed E-state index contributed by atoms with van der Waals surface area (Å²) in [7, 11) is 0. The summed E-state index contributed by atoms with van der Waals surface area (Å²) in [4.78, 5) is 12.1. The minimum atomic E-state index is -0.00575. The van der Waals surface area contributed by atoms with E-state index in [1.807, 2.05) is 31.2 Å². The standard InChI is InChI=1S/C16H24N2O2/c1-3-12(2)20-15-8-6-13(7-9-15)16(19)18-14-5-4-10-17-11-14/h6-9,12,14,17H,3-5,10-11H2,1-2H3,(H,18,19)/t12?,14-/m0/s1. The Labute approximate surface area is 120 Å². The summed E-state index contributed by atoms with van der Waals surface area (Å²) >= 11 is 0. The van der Waals surface area contributed by atoms with Crippen molar-refractivity contribution >= 4 is 5.91 Å². The smallest absolute Gasteiger partial charge is 0.251 e. The van der Waals surface area contributed by atoms with Crippen LogP contribution in [0.2, 0.25) is 0 Å². The van der Waals surface area contributed by atoms with E-state index >= 15 is 0 Å². The van der Waals surface area contributed by atoms with E-state index in [0.717, 1.165) is 38.1 Å². The predicted octanol–water partition coefficient (Wildman–Crippen LogP) is 2.35. The Balaban J connectivity index is 1.89. The van der Waals surface area contributed by atoms with Gasteiger partial charge < -0.3 is 15.4 Å². The average Bonchev–Trinajstić information content (AvgIpc) is 2.49. The molecule has 1 amide bonds. The number of carbonyl (C=O) groups excluding carboxylic acids is 1. The number of carbonyl (C=O) groups is 1. The molecule has 1 aromatic carbocycles. The van der Waals surface area contributed by atoms with Crippen LogP contribution in [-0.2, 0) is 0 Å². The second-order valence-corrected chi connectivity index (χ2v) is 5.38. The van der Waals surface area contributed by atoms with Crippen LogP contribution in [0.5, 0.6) is 5.75 Å². The Bertz CT molecular complexity index is 425. The monoisotopic (exact) mass is 276 g/mol. The third kappa shape index (κ3) is 4.23. The number of benzene rings is 1. The third-order valence-corrected chi connectivity index (χ3v) is 3.66. The van der Waals surface area contributed by atoms with E-state index in [4.69, 9.17) is 4.74 Å². The summed E-state index contributed by atoms with van der Waals surface area (Å²) < 4.78 is 5.71. The Kier molecular flexibility index (Phi) is 5.41. The normalized spacial score (nSPS) is 20.2. The first-order chi connectivity index (χ1) is 9.69. The molecule has 2 N–H and O–H groups in total. The highest BCUT2D eigenvalue weighted by Crippen LogP contribution is 2.15. The molecule has 1 heterocycles. The van der Waals surface area contributed by atoms with Crippen molar-refractivity contribution < 1.29 is 9.53 Å². The summed E-state index contributed by atoms with van der Waals surface area (Å²) in [6, 6.07) is 7.61. The highest BCUT2D eigenvalue weighted by Gasteiger charge is 2.16. The van der Waals surface area contributed by atoms with E-state index in [-0.39, 0.29) is 18.1 Å². The van der Waals surface area contributed by atoms with Gasteiger partial charge in [-0.3, -0.25) is 4.79 Å². The molecule has 4 heteroatoms. The Morgan fingerprint density at radius 1 is 1.45 bits per heavy atom. The van der Waals surface area contributed by atoms with Gasteiger partial charge in [-0.15, -0.1) is 0 Å². The highest BCUT2D eigenvalue weighted by molar-refractivity contribution is 5.94. The van der Waals surface area contributed by atoms with E-state index in [9.17, 15) is 4.79 Å². The van der Waals surface area contributed by atoms with Crippen LogP contribution < -0.4 is 15.4 Å². The first kappa shape index (κ1) is 14.9. The molecule has 2 rings (SSSR count). The van der Waals surface area contributed by atoms with Crippen LogP contribution in [0.4, 0.5) is 0 Å². The lowest BCUT2D eigenvalue weighted by Gasteiger charge is -2.23. The Hall–Kier alpha value is -1.55. The molecule has 0 spiro atoms. The molecule has 20 heavy (non-hydrogen) atoms. The van der Waals surface area contributed by atoms with Gasteiger partial charge in [0.05, 0.1) is 6.10 Å². The van der Waals surface area contributed by atoms with Gasteiger partial charge in [-0.05, 0) is 57.0 Å². The lowest BCUT2D eigenvalue weighted by Crippen LogP contribution is -2.45. The fraction of sp³-hybridized carbons (Fsp3) is 0.562. The molecule has 1 aromatic rings. The molecule has 110 valence electrons. The van der Waals surface area contributed by atoms with E-state index in [1.165, 1.54) is 0 Å². The molecular weight excluding hydrogens is 252 g/mol. The van der Waals surface area contributed by atoms with Crippen molar-refractivity contribution in [3.63, 3.8) is 0 Å². The molecule has 0 aromatic heterocycles. The van der Waals surface area contributed by atoms with Gasteiger partial charge in [0, 0.05) is 18.2 Å². The maximum Gasteiger partial charge on any atom is 0.251 e. The Morgan fingerprint density at radius 3 is 2.80 bits per heavy atom. The zero-order valence-corrected chi connectivity index (χ0v) is 12.3. The molecule has 0 bridgehead atoms. The van der Waals surface area contributed by atoms with E-state index in [1.54, 1.807) is 0 Å². The van der Waals surface area contributed by atoms with Gasteiger partial charge in [0.1, 0.15) is 5.75 Å². The Morgan fingerprint density at radius 2 is 2.20 bits per heavy atom. The summed E-state index contributed by atoms with van der Waals surface area (Å²) in [5.74, 6) is 0.809. The van der Waals surface area contributed by atoms with Crippen LogP contribution in [0.3, 0.4) is 0 Å². The lowest BCUT2D eigenvalue weighted by atomic mass is 10.1. The van der Waals surface area contributed by atoms with Crippen LogP contribution in [0, 0.1) is 0 Å². The summed E-state index contributed by atoms with van der Waals surface area (Å²) in [6.07, 6.45) is 3.33. The van der Waals surface area contributed by atoms with Gasteiger partial charge in [-0.25, -0.2) is 0 Å². The molecule has 1 aliphatic rings. The zero-order valence-electron chi connectivity index (χ0n) is 12.3. The molecule has 2 atom stereocenters. The highest BCUT2D eigenvalue weighted by atomic mass is 16.5. The number of piperidine rings is 1. The second kappa shape index (κ2) is 7.29. The van der Waals surface area contributed by atoms with Crippen molar-refractivity contribution in [2.75, 3.05) is 13.1 Å². The first-order valence-electron chi connectivity index (χ1n) is 7.47. The van der Waals surface area contributed by atoms with Crippen LogP contribution >= 0.6 is 0 Å². The van der Waals surface area contributed by atoms with E-state index < -0.39 is 0 Å². The largest absolute Gasteiger partial charge is 0.491 e. The number of hydrogen-bond donors (Lipinski definition) is 2. The number of amides is 1. The first-order valence-corrected chi connectivity index (χ1v) is 7.47. The van der Waals surface area contributed by atoms with Gasteiger partial charge in [-0.2, -0.15) is 0 Å². The zero-order chi connectivity index (χ0) is 14.4. The fourth-order valence-electron chi connectivity index (χ4n) is 2.24. The maximum atomic E-state index is 12.1. The number of ether oxygens (including phenoxy) is 1. The van der Waals surface area contributed by atoms with Crippen LogP contribution in [0.25, 0.3) is 0 Å². The van der Waals surface area contributed by atoms with Crippen molar-refractivity contribution in [2.45, 2.75) is 45.3 Å². The van der Waals surface area contributed by atoms with E-state index in [2.05, 4.69) is 17.6 Å². The molecular formula is C16H24N2O2. The summed E-state index contributed by atoms with van der Waals surface area (Å²) in [5.41, 5.74) is 0.687. The van der Waals surface area contributed by atoms with Crippen molar-refractivity contribution in [3.8, 4) is 5.75 Å². The lowest BCUT2D eigenvalue weighted by molar-refractivity contribution is 0.0930. The molecule has 4 nitrogen and oxygen atoms in total. The van der Waals surface area contributed by atoms with Crippen LogP contribution in [0.15, 0.2) is 24.3 Å². The SMILES string of the molecule is CCC(C)Oc1ccc(C(=O)N[C@H]2CCCNC2)cc1. The topological polar surface area (TPSA) is 50.4 Å². The van der Waals surface area contributed by atoms with Gasteiger partial charge in [-0.1, -0.05) is 6.92 Å². The predicted molar refractivity (Wildman–Crippen MR) is 80.2 cm³/mol. The molecule has 0 aliphatic carbocycles. The van der Waals surface area contributed by atoms with Gasteiger partial charge in [0.25, 0.3) is 5.91 Å². The molecule has 0 radical (unpaired) electrons. The quantitative estimate of drug-likeness (QED) is 0.868.